The fourth-order valence-corrected chi connectivity index (χ4v) is 3.06. The van der Waals surface area contributed by atoms with Crippen LogP contribution < -0.4 is 16.0 Å². The van der Waals surface area contributed by atoms with Crippen LogP contribution in [0.2, 0.25) is 0 Å². The van der Waals surface area contributed by atoms with E-state index < -0.39 is 0 Å². The van der Waals surface area contributed by atoms with E-state index in [1.54, 1.807) is 12.5 Å². The maximum Gasteiger partial charge on any atom is 0.197 e. The summed E-state index contributed by atoms with van der Waals surface area (Å²) in [6, 6.07) is 7.67. The number of furan rings is 1. The molecule has 1 aliphatic rings. The van der Waals surface area contributed by atoms with Crippen molar-refractivity contribution >= 4 is 36.3 Å². The molecule has 0 spiro atoms. The molecular weight excluding hydrogens is 399 g/mol. The van der Waals surface area contributed by atoms with Gasteiger partial charge in [-0.2, -0.15) is 0 Å². The highest BCUT2D eigenvalue weighted by atomic mass is 35.5. The molecule has 3 N–H and O–H groups in total. The second-order valence-corrected chi connectivity index (χ2v) is 6.14. The predicted molar refractivity (Wildman–Crippen MR) is 116 cm³/mol. The second-order valence-electron chi connectivity index (χ2n) is 6.14. The molecule has 0 saturated carbocycles. The lowest BCUT2D eigenvalue weighted by molar-refractivity contribution is 0.576. The van der Waals surface area contributed by atoms with E-state index in [0.29, 0.717) is 11.6 Å². The summed E-state index contributed by atoms with van der Waals surface area (Å²) < 4.78 is 5.49. The van der Waals surface area contributed by atoms with E-state index >= 15 is 0 Å². The summed E-state index contributed by atoms with van der Waals surface area (Å²) in [4.78, 5) is 13.6. The molecule has 3 aromatic rings. The largest absolute Gasteiger partial charge is 0.461 e. The summed E-state index contributed by atoms with van der Waals surface area (Å²) in [6.07, 6.45) is 7.05. The Kier molecular flexibility index (Phi) is 8.50. The molecule has 0 fully saturated rings. The molecule has 0 radical (unpaired) electrons. The molecule has 4 heterocycles. The number of aromatic nitrogens is 3. The molecule has 0 unspecified atom stereocenters. The first-order valence-electron chi connectivity index (χ1n) is 8.92. The minimum Gasteiger partial charge on any atom is -0.461 e. The Morgan fingerprint density at radius 1 is 1.00 bits per heavy atom. The van der Waals surface area contributed by atoms with Crippen LogP contribution in [0.15, 0.2) is 47.3 Å². The van der Waals surface area contributed by atoms with Gasteiger partial charge in [0.2, 0.25) is 0 Å². The summed E-state index contributed by atoms with van der Waals surface area (Å²) >= 11 is 0. The van der Waals surface area contributed by atoms with Crippen molar-refractivity contribution in [2.45, 2.75) is 12.8 Å². The van der Waals surface area contributed by atoms with Crippen molar-refractivity contribution in [2.24, 2.45) is 0 Å². The number of pyridine rings is 1. The van der Waals surface area contributed by atoms with E-state index in [-0.39, 0.29) is 24.8 Å². The summed E-state index contributed by atoms with van der Waals surface area (Å²) in [5.74, 6) is 2.23. The molecule has 3 aromatic heterocycles. The van der Waals surface area contributed by atoms with Gasteiger partial charge >= 0.3 is 0 Å². The Morgan fingerprint density at radius 3 is 2.64 bits per heavy atom. The van der Waals surface area contributed by atoms with Gasteiger partial charge < -0.3 is 20.4 Å². The average Bonchev–Trinajstić information content (AvgIpc) is 3.11. The van der Waals surface area contributed by atoms with Crippen molar-refractivity contribution in [3.05, 3.63) is 54.2 Å². The lowest BCUT2D eigenvalue weighted by Gasteiger charge is -2.14. The first-order chi connectivity index (χ1) is 12.9. The highest BCUT2D eigenvalue weighted by Gasteiger charge is 2.18. The van der Waals surface area contributed by atoms with E-state index in [2.05, 4.69) is 20.9 Å². The Bertz CT molecular complexity index is 845. The standard InChI is InChI=1S/C19H22N6O.2ClH/c1-3-14(13-21-7-1)22-10-11-23-18-15-5-8-20-9-6-16(15)24-19(25-18)17-4-2-12-26-17;;/h1-4,7,12-13,20,22H,5-6,8-11H2,(H,23,24,25);2*1H. The molecule has 150 valence electrons. The van der Waals surface area contributed by atoms with Gasteiger partial charge in [0.25, 0.3) is 0 Å². The monoisotopic (exact) mass is 422 g/mol. The SMILES string of the molecule is Cl.Cl.c1cncc(NCCNc2nc(-c3ccco3)nc3c2CCNCC3)c1. The number of anilines is 2. The molecule has 1 aliphatic heterocycles. The number of nitrogens with zero attached hydrogens (tertiary/aromatic N) is 3. The van der Waals surface area contributed by atoms with Gasteiger partial charge in [0.15, 0.2) is 11.6 Å². The van der Waals surface area contributed by atoms with E-state index in [1.807, 2.05) is 30.5 Å². The summed E-state index contributed by atoms with van der Waals surface area (Å²) in [7, 11) is 0. The topological polar surface area (TPSA) is 87.9 Å². The van der Waals surface area contributed by atoms with E-state index in [9.17, 15) is 0 Å². The van der Waals surface area contributed by atoms with Crippen LogP contribution in [-0.2, 0) is 12.8 Å². The Labute approximate surface area is 176 Å². The lowest BCUT2D eigenvalue weighted by atomic mass is 10.1. The van der Waals surface area contributed by atoms with Gasteiger partial charge in [0.1, 0.15) is 5.82 Å². The summed E-state index contributed by atoms with van der Waals surface area (Å²) in [5, 5.41) is 10.2. The van der Waals surface area contributed by atoms with Crippen LogP contribution in [-0.4, -0.2) is 41.1 Å². The van der Waals surface area contributed by atoms with Gasteiger partial charge in [0.05, 0.1) is 17.6 Å². The minimum absolute atomic E-state index is 0. The van der Waals surface area contributed by atoms with Crippen LogP contribution >= 0.6 is 24.8 Å². The van der Waals surface area contributed by atoms with Gasteiger partial charge in [-0.05, 0) is 37.2 Å². The van der Waals surface area contributed by atoms with Gasteiger partial charge in [0, 0.05) is 44.0 Å². The van der Waals surface area contributed by atoms with Crippen LogP contribution in [0, 0.1) is 0 Å². The molecule has 0 aromatic carbocycles. The molecule has 0 amide bonds. The molecule has 7 nitrogen and oxygen atoms in total. The van der Waals surface area contributed by atoms with Crippen LogP contribution in [0.25, 0.3) is 11.6 Å². The minimum atomic E-state index is 0. The zero-order chi connectivity index (χ0) is 17.6. The summed E-state index contributed by atoms with van der Waals surface area (Å²) in [6.45, 7) is 3.41. The smallest absolute Gasteiger partial charge is 0.197 e. The number of fused-ring (bicyclic) bond motifs is 1. The van der Waals surface area contributed by atoms with Crippen molar-refractivity contribution < 1.29 is 4.42 Å². The number of nitrogens with one attached hydrogen (secondary N) is 3. The van der Waals surface area contributed by atoms with Crippen LogP contribution in [0.1, 0.15) is 11.3 Å². The molecule has 4 rings (SSSR count). The van der Waals surface area contributed by atoms with E-state index in [1.165, 1.54) is 5.56 Å². The molecule has 0 saturated heterocycles. The number of halogens is 2. The predicted octanol–water partition coefficient (Wildman–Crippen LogP) is 3.19. The first-order valence-corrected chi connectivity index (χ1v) is 8.92. The van der Waals surface area contributed by atoms with Crippen molar-refractivity contribution in [3.63, 3.8) is 0 Å². The second kappa shape index (κ2) is 10.8. The number of hydrogen-bond acceptors (Lipinski definition) is 7. The summed E-state index contributed by atoms with van der Waals surface area (Å²) in [5.41, 5.74) is 3.31. The lowest BCUT2D eigenvalue weighted by Crippen LogP contribution is -2.17. The van der Waals surface area contributed by atoms with E-state index in [4.69, 9.17) is 14.4 Å². The van der Waals surface area contributed by atoms with Gasteiger partial charge in [-0.25, -0.2) is 9.97 Å². The Morgan fingerprint density at radius 2 is 1.86 bits per heavy atom. The van der Waals surface area contributed by atoms with Gasteiger partial charge in [-0.15, -0.1) is 24.8 Å². The highest BCUT2D eigenvalue weighted by molar-refractivity contribution is 5.85. The zero-order valence-electron chi connectivity index (χ0n) is 15.4. The van der Waals surface area contributed by atoms with Crippen molar-refractivity contribution in [3.8, 4) is 11.6 Å². The molecular formula is C19H24Cl2N6O. The quantitative estimate of drug-likeness (QED) is 0.525. The molecule has 9 heteroatoms. The third-order valence-corrected chi connectivity index (χ3v) is 4.33. The zero-order valence-corrected chi connectivity index (χ0v) is 17.0. The van der Waals surface area contributed by atoms with Crippen LogP contribution in [0.5, 0.6) is 0 Å². The van der Waals surface area contributed by atoms with Crippen molar-refractivity contribution in [2.75, 3.05) is 36.8 Å². The average molecular weight is 423 g/mol. The fraction of sp³-hybridized carbons (Fsp3) is 0.316. The third-order valence-electron chi connectivity index (χ3n) is 4.33. The fourth-order valence-electron chi connectivity index (χ4n) is 3.06. The Balaban J connectivity index is 0.00000140. The maximum atomic E-state index is 5.49. The van der Waals surface area contributed by atoms with Crippen molar-refractivity contribution in [1.82, 2.24) is 20.3 Å². The molecule has 0 atom stereocenters. The van der Waals surface area contributed by atoms with Gasteiger partial charge in [-0.3, -0.25) is 4.98 Å². The van der Waals surface area contributed by atoms with Crippen molar-refractivity contribution in [1.29, 1.82) is 0 Å². The molecule has 0 bridgehead atoms. The van der Waals surface area contributed by atoms with E-state index in [0.717, 1.165) is 56.2 Å². The Hall–Kier alpha value is -2.35. The number of rotatable bonds is 6. The van der Waals surface area contributed by atoms with Gasteiger partial charge in [-0.1, -0.05) is 0 Å². The number of hydrogen-bond donors (Lipinski definition) is 3. The van der Waals surface area contributed by atoms with Crippen LogP contribution in [0.3, 0.4) is 0 Å². The maximum absolute atomic E-state index is 5.49. The first kappa shape index (κ1) is 21.9. The third kappa shape index (κ3) is 5.34. The normalized spacial score (nSPS) is 12.7. The van der Waals surface area contributed by atoms with Crippen LogP contribution in [0.4, 0.5) is 11.5 Å². The molecule has 28 heavy (non-hydrogen) atoms. The highest BCUT2D eigenvalue weighted by Crippen LogP contribution is 2.24. The molecule has 0 aliphatic carbocycles.